The lowest BCUT2D eigenvalue weighted by Gasteiger charge is -2.21. The predicted octanol–water partition coefficient (Wildman–Crippen LogP) is 4.27. The Morgan fingerprint density at radius 3 is 2.76 bits per heavy atom. The number of furan rings is 1. The van der Waals surface area contributed by atoms with E-state index in [1.165, 1.54) is 11.1 Å². The summed E-state index contributed by atoms with van der Waals surface area (Å²) in [6.45, 7) is 5.36. The fraction of sp³-hybridized carbons (Fsp3) is 0.444. The van der Waals surface area contributed by atoms with Gasteiger partial charge in [0, 0.05) is 12.5 Å². The second-order valence-corrected chi connectivity index (χ2v) is 5.35. The molecular formula is C18H25NO2. The first-order valence-electron chi connectivity index (χ1n) is 7.65. The third-order valence-corrected chi connectivity index (χ3v) is 3.75. The van der Waals surface area contributed by atoms with E-state index >= 15 is 0 Å². The van der Waals surface area contributed by atoms with Gasteiger partial charge in [0.15, 0.2) is 0 Å². The maximum Gasteiger partial charge on any atom is 0.119 e. The Bertz CT molecular complexity index is 534. The van der Waals surface area contributed by atoms with Gasteiger partial charge in [0.25, 0.3) is 0 Å². The van der Waals surface area contributed by atoms with E-state index in [2.05, 4.69) is 31.3 Å². The largest absolute Gasteiger partial charge is 0.497 e. The number of ether oxygens (including phenoxy) is 1. The molecule has 1 atom stereocenters. The molecule has 0 aliphatic heterocycles. The van der Waals surface area contributed by atoms with Gasteiger partial charge in [0.1, 0.15) is 11.5 Å². The topological polar surface area (TPSA) is 34.4 Å². The summed E-state index contributed by atoms with van der Waals surface area (Å²) < 4.78 is 10.7. The van der Waals surface area contributed by atoms with E-state index in [0.717, 1.165) is 37.3 Å². The molecule has 1 N–H and O–H groups in total. The van der Waals surface area contributed by atoms with Crippen LogP contribution >= 0.6 is 0 Å². The van der Waals surface area contributed by atoms with Crippen LogP contribution in [0.5, 0.6) is 5.75 Å². The second kappa shape index (κ2) is 7.89. The molecule has 0 radical (unpaired) electrons. The Morgan fingerprint density at radius 1 is 1.29 bits per heavy atom. The van der Waals surface area contributed by atoms with Crippen LogP contribution in [0, 0.1) is 6.92 Å². The van der Waals surface area contributed by atoms with Crippen molar-refractivity contribution in [3.63, 3.8) is 0 Å². The van der Waals surface area contributed by atoms with E-state index in [4.69, 9.17) is 9.15 Å². The maximum atomic E-state index is 5.44. The van der Waals surface area contributed by atoms with Crippen LogP contribution in [0.2, 0.25) is 0 Å². The highest BCUT2D eigenvalue weighted by Crippen LogP contribution is 2.26. The molecule has 3 nitrogen and oxygen atoms in total. The summed E-state index contributed by atoms with van der Waals surface area (Å²) in [4.78, 5) is 0. The number of benzene rings is 1. The van der Waals surface area contributed by atoms with Crippen molar-refractivity contribution < 1.29 is 9.15 Å². The average molecular weight is 287 g/mol. The maximum absolute atomic E-state index is 5.44. The fourth-order valence-corrected chi connectivity index (χ4v) is 2.59. The average Bonchev–Trinajstić information content (AvgIpc) is 3.01. The van der Waals surface area contributed by atoms with Gasteiger partial charge in [-0.15, -0.1) is 0 Å². The molecule has 1 unspecified atom stereocenters. The number of hydrogen-bond donors (Lipinski definition) is 1. The minimum Gasteiger partial charge on any atom is -0.497 e. The molecule has 3 heteroatoms. The molecule has 2 rings (SSSR count). The number of hydrogen-bond acceptors (Lipinski definition) is 3. The van der Waals surface area contributed by atoms with Crippen molar-refractivity contribution in [1.82, 2.24) is 5.32 Å². The molecule has 0 amide bonds. The summed E-state index contributed by atoms with van der Waals surface area (Å²) in [5, 5.41) is 3.64. The van der Waals surface area contributed by atoms with Crippen molar-refractivity contribution in [2.45, 2.75) is 39.2 Å². The summed E-state index contributed by atoms with van der Waals surface area (Å²) in [7, 11) is 1.71. The van der Waals surface area contributed by atoms with E-state index in [9.17, 15) is 0 Å². The van der Waals surface area contributed by atoms with Crippen molar-refractivity contribution in [2.75, 3.05) is 13.7 Å². The third kappa shape index (κ3) is 4.36. The molecule has 0 bridgehead atoms. The molecule has 0 fully saturated rings. The smallest absolute Gasteiger partial charge is 0.119 e. The highest BCUT2D eigenvalue weighted by molar-refractivity contribution is 5.36. The molecule has 1 heterocycles. The van der Waals surface area contributed by atoms with Gasteiger partial charge in [-0.3, -0.25) is 0 Å². The first-order chi connectivity index (χ1) is 10.2. The van der Waals surface area contributed by atoms with E-state index in [1.807, 2.05) is 18.2 Å². The second-order valence-electron chi connectivity index (χ2n) is 5.35. The van der Waals surface area contributed by atoms with E-state index in [0.29, 0.717) is 6.04 Å². The molecule has 1 aromatic carbocycles. The van der Waals surface area contributed by atoms with Gasteiger partial charge in [-0.05, 0) is 61.7 Å². The van der Waals surface area contributed by atoms with E-state index in [-0.39, 0.29) is 0 Å². The van der Waals surface area contributed by atoms with Gasteiger partial charge in [-0.1, -0.05) is 13.0 Å². The third-order valence-electron chi connectivity index (χ3n) is 3.75. The normalized spacial score (nSPS) is 12.3. The van der Waals surface area contributed by atoms with Gasteiger partial charge >= 0.3 is 0 Å². The summed E-state index contributed by atoms with van der Waals surface area (Å²) in [5.74, 6) is 1.96. The van der Waals surface area contributed by atoms with Crippen LogP contribution in [0.3, 0.4) is 0 Å². The summed E-state index contributed by atoms with van der Waals surface area (Å²) in [5.41, 5.74) is 2.61. The first-order valence-corrected chi connectivity index (χ1v) is 7.65. The van der Waals surface area contributed by atoms with E-state index < -0.39 is 0 Å². The highest BCUT2D eigenvalue weighted by Gasteiger charge is 2.14. The molecule has 114 valence electrons. The van der Waals surface area contributed by atoms with Crippen LogP contribution in [0.15, 0.2) is 41.0 Å². The quantitative estimate of drug-likeness (QED) is 0.787. The Balaban J connectivity index is 2.10. The van der Waals surface area contributed by atoms with Crippen molar-refractivity contribution in [1.29, 1.82) is 0 Å². The van der Waals surface area contributed by atoms with Crippen molar-refractivity contribution in [2.24, 2.45) is 0 Å². The van der Waals surface area contributed by atoms with Crippen LogP contribution in [-0.2, 0) is 6.42 Å². The molecular weight excluding hydrogens is 262 g/mol. The first kappa shape index (κ1) is 15.6. The Labute approximate surface area is 127 Å². The van der Waals surface area contributed by atoms with Crippen LogP contribution in [-0.4, -0.2) is 13.7 Å². The standard InChI is InChI=1S/C18H25NO2/c1-4-11-19-18(10-8-15-6-5-12-21-15)17-9-7-16(20-3)13-14(17)2/h5-7,9,12-13,18-19H,4,8,10-11H2,1-3H3. The number of aryl methyl sites for hydroxylation is 2. The van der Waals surface area contributed by atoms with E-state index in [1.54, 1.807) is 13.4 Å². The monoisotopic (exact) mass is 287 g/mol. The van der Waals surface area contributed by atoms with Gasteiger partial charge in [-0.2, -0.15) is 0 Å². The highest BCUT2D eigenvalue weighted by atomic mass is 16.5. The number of nitrogens with one attached hydrogen (secondary N) is 1. The predicted molar refractivity (Wildman–Crippen MR) is 85.8 cm³/mol. The number of methoxy groups -OCH3 is 1. The van der Waals surface area contributed by atoms with Gasteiger partial charge in [0.05, 0.1) is 13.4 Å². The number of rotatable bonds is 8. The Morgan fingerprint density at radius 2 is 2.14 bits per heavy atom. The minimum atomic E-state index is 0.348. The molecule has 0 saturated carbocycles. The Kier molecular flexibility index (Phi) is 5.88. The SMILES string of the molecule is CCCNC(CCc1ccco1)c1ccc(OC)cc1C. The van der Waals surface area contributed by atoms with Crippen molar-refractivity contribution >= 4 is 0 Å². The van der Waals surface area contributed by atoms with Crippen LogP contribution in [0.1, 0.15) is 42.7 Å². The van der Waals surface area contributed by atoms with Crippen LogP contribution < -0.4 is 10.1 Å². The van der Waals surface area contributed by atoms with Gasteiger partial charge < -0.3 is 14.5 Å². The summed E-state index contributed by atoms with van der Waals surface area (Å²) in [6.07, 6.45) is 4.84. The van der Waals surface area contributed by atoms with Crippen LogP contribution in [0.25, 0.3) is 0 Å². The zero-order chi connectivity index (χ0) is 15.1. The zero-order valence-electron chi connectivity index (χ0n) is 13.2. The Hall–Kier alpha value is -1.74. The van der Waals surface area contributed by atoms with Crippen LogP contribution in [0.4, 0.5) is 0 Å². The lowest BCUT2D eigenvalue weighted by molar-refractivity contribution is 0.413. The molecule has 1 aromatic heterocycles. The summed E-state index contributed by atoms with van der Waals surface area (Å²) >= 11 is 0. The molecule has 21 heavy (non-hydrogen) atoms. The fourth-order valence-electron chi connectivity index (χ4n) is 2.59. The molecule has 0 aliphatic rings. The molecule has 2 aromatic rings. The van der Waals surface area contributed by atoms with Gasteiger partial charge in [0.2, 0.25) is 0 Å². The lowest BCUT2D eigenvalue weighted by atomic mass is 9.96. The zero-order valence-corrected chi connectivity index (χ0v) is 13.2. The molecule has 0 saturated heterocycles. The summed E-state index contributed by atoms with van der Waals surface area (Å²) in [6, 6.07) is 10.6. The lowest BCUT2D eigenvalue weighted by Crippen LogP contribution is -2.23. The minimum absolute atomic E-state index is 0.348. The molecule has 0 spiro atoms. The van der Waals surface area contributed by atoms with Crippen molar-refractivity contribution in [3.8, 4) is 5.75 Å². The molecule has 0 aliphatic carbocycles. The van der Waals surface area contributed by atoms with Crippen molar-refractivity contribution in [3.05, 3.63) is 53.5 Å². The van der Waals surface area contributed by atoms with Gasteiger partial charge in [-0.25, -0.2) is 0 Å².